The van der Waals surface area contributed by atoms with Crippen LogP contribution < -0.4 is 15.4 Å². The maximum atomic E-state index is 11.7. The molecule has 2 heterocycles. The van der Waals surface area contributed by atoms with Crippen LogP contribution in [0.3, 0.4) is 0 Å². The lowest BCUT2D eigenvalue weighted by Crippen LogP contribution is -2.38. The molecule has 0 radical (unpaired) electrons. The molecule has 18 heavy (non-hydrogen) atoms. The Balaban J connectivity index is 2.13. The Labute approximate surface area is 103 Å². The van der Waals surface area contributed by atoms with E-state index in [0.717, 1.165) is 11.1 Å². The lowest BCUT2D eigenvalue weighted by molar-refractivity contribution is 0.248. The van der Waals surface area contributed by atoms with Crippen molar-refractivity contribution in [3.8, 4) is 5.75 Å². The first-order valence-corrected chi connectivity index (χ1v) is 5.52. The highest BCUT2D eigenvalue weighted by Crippen LogP contribution is 2.37. The summed E-state index contributed by atoms with van der Waals surface area (Å²) < 4.78 is 5.26. The van der Waals surface area contributed by atoms with E-state index < -0.39 is 0 Å². The van der Waals surface area contributed by atoms with Gasteiger partial charge in [0.2, 0.25) is 0 Å². The number of carbonyl (C=O) groups is 1. The summed E-state index contributed by atoms with van der Waals surface area (Å²) in [4.78, 5) is 11.7. The number of aromatic amines is 1. The quantitative estimate of drug-likeness (QED) is 0.751. The van der Waals surface area contributed by atoms with Crippen LogP contribution in [0.1, 0.15) is 17.2 Å². The van der Waals surface area contributed by atoms with Crippen molar-refractivity contribution in [3.05, 3.63) is 41.7 Å². The molecule has 1 aromatic carbocycles. The number of H-pyrrole nitrogens is 1. The first-order chi connectivity index (χ1) is 8.79. The van der Waals surface area contributed by atoms with Crippen molar-refractivity contribution in [3.63, 3.8) is 0 Å². The number of hydrogen-bond donors (Lipinski definition) is 3. The molecule has 0 fully saturated rings. The van der Waals surface area contributed by atoms with Gasteiger partial charge in [0, 0.05) is 17.3 Å². The molecule has 0 spiro atoms. The van der Waals surface area contributed by atoms with Gasteiger partial charge in [-0.3, -0.25) is 5.10 Å². The number of nitrogens with one attached hydrogen (secondary N) is 3. The lowest BCUT2D eigenvalue weighted by Gasteiger charge is -2.27. The number of anilines is 1. The molecule has 1 unspecified atom stereocenters. The fourth-order valence-electron chi connectivity index (χ4n) is 2.13. The Morgan fingerprint density at radius 2 is 2.28 bits per heavy atom. The summed E-state index contributed by atoms with van der Waals surface area (Å²) in [5.74, 6) is 0.649. The number of hydrogen-bond acceptors (Lipinski definition) is 3. The third-order valence-electron chi connectivity index (χ3n) is 2.96. The zero-order valence-corrected chi connectivity index (χ0v) is 9.73. The number of nitrogens with zero attached hydrogens (tertiary/aromatic N) is 1. The van der Waals surface area contributed by atoms with Crippen molar-refractivity contribution in [1.82, 2.24) is 15.5 Å². The average molecular weight is 244 g/mol. The molecule has 0 bridgehead atoms. The minimum Gasteiger partial charge on any atom is -0.495 e. The van der Waals surface area contributed by atoms with E-state index in [1.165, 1.54) is 0 Å². The Bertz CT molecular complexity index is 580. The molecule has 1 atom stereocenters. The molecule has 1 aliphatic heterocycles. The molecule has 2 aromatic rings. The fraction of sp³-hybridized carbons (Fsp3) is 0.167. The van der Waals surface area contributed by atoms with Crippen molar-refractivity contribution < 1.29 is 9.53 Å². The lowest BCUT2D eigenvalue weighted by atomic mass is 9.97. The van der Waals surface area contributed by atoms with E-state index in [2.05, 4.69) is 20.8 Å². The molecule has 1 aromatic heterocycles. The Hall–Kier alpha value is -2.50. The van der Waals surface area contributed by atoms with Gasteiger partial charge in [0.05, 0.1) is 25.0 Å². The maximum absolute atomic E-state index is 11.7. The summed E-state index contributed by atoms with van der Waals surface area (Å²) in [6.45, 7) is 0. The van der Waals surface area contributed by atoms with E-state index >= 15 is 0 Å². The summed E-state index contributed by atoms with van der Waals surface area (Å²) in [6, 6.07) is 5.18. The highest BCUT2D eigenvalue weighted by Gasteiger charge is 2.28. The van der Waals surface area contributed by atoms with Gasteiger partial charge in [0.15, 0.2) is 0 Å². The Morgan fingerprint density at radius 3 is 3.00 bits per heavy atom. The molecule has 0 aliphatic carbocycles. The van der Waals surface area contributed by atoms with Crippen LogP contribution in [-0.2, 0) is 0 Å². The Morgan fingerprint density at radius 1 is 1.39 bits per heavy atom. The van der Waals surface area contributed by atoms with Crippen LogP contribution in [0.4, 0.5) is 10.5 Å². The van der Waals surface area contributed by atoms with Crippen LogP contribution in [0.25, 0.3) is 0 Å². The normalized spacial score (nSPS) is 17.6. The van der Waals surface area contributed by atoms with E-state index in [1.807, 2.05) is 18.2 Å². The van der Waals surface area contributed by atoms with Crippen LogP contribution in [0.15, 0.2) is 30.6 Å². The fourth-order valence-corrected chi connectivity index (χ4v) is 2.13. The highest BCUT2D eigenvalue weighted by molar-refractivity contribution is 5.95. The number of urea groups is 1. The number of carbonyl (C=O) groups excluding carboxylic acids is 1. The first-order valence-electron chi connectivity index (χ1n) is 5.52. The molecule has 0 saturated carbocycles. The molecule has 3 N–H and O–H groups in total. The number of methoxy groups -OCH3 is 1. The predicted molar refractivity (Wildman–Crippen MR) is 65.6 cm³/mol. The second-order valence-electron chi connectivity index (χ2n) is 3.99. The van der Waals surface area contributed by atoms with E-state index in [4.69, 9.17) is 4.74 Å². The smallest absolute Gasteiger partial charge is 0.320 e. The number of aromatic nitrogens is 2. The molecule has 0 saturated heterocycles. The number of para-hydroxylation sites is 1. The standard InChI is InChI=1S/C12H12N4O2/c1-18-9-4-2-3-8-10(7-5-13-14-6-7)15-12(17)16-11(8)9/h2-6,10H,1H3,(H,13,14)(H2,15,16,17). The van der Waals surface area contributed by atoms with E-state index in [0.29, 0.717) is 11.4 Å². The van der Waals surface area contributed by atoms with Gasteiger partial charge in [-0.05, 0) is 6.07 Å². The third-order valence-corrected chi connectivity index (χ3v) is 2.96. The maximum Gasteiger partial charge on any atom is 0.320 e. The second kappa shape index (κ2) is 4.06. The monoisotopic (exact) mass is 244 g/mol. The zero-order chi connectivity index (χ0) is 12.5. The van der Waals surface area contributed by atoms with Gasteiger partial charge in [0.25, 0.3) is 0 Å². The van der Waals surface area contributed by atoms with Gasteiger partial charge in [-0.2, -0.15) is 5.10 Å². The van der Waals surface area contributed by atoms with Crippen LogP contribution >= 0.6 is 0 Å². The van der Waals surface area contributed by atoms with Crippen LogP contribution in [0.2, 0.25) is 0 Å². The average Bonchev–Trinajstić information content (AvgIpc) is 2.90. The summed E-state index contributed by atoms with van der Waals surface area (Å²) in [7, 11) is 1.58. The van der Waals surface area contributed by atoms with Crippen LogP contribution in [0, 0.1) is 0 Å². The van der Waals surface area contributed by atoms with Gasteiger partial charge in [-0.15, -0.1) is 0 Å². The number of fused-ring (bicyclic) bond motifs is 1. The van der Waals surface area contributed by atoms with Crippen LogP contribution in [0.5, 0.6) is 5.75 Å². The Kier molecular flexibility index (Phi) is 2.40. The molecular weight excluding hydrogens is 232 g/mol. The minimum atomic E-state index is -0.252. The zero-order valence-electron chi connectivity index (χ0n) is 9.73. The molecule has 6 heteroatoms. The van der Waals surface area contributed by atoms with Crippen molar-refractivity contribution in [2.75, 3.05) is 12.4 Å². The van der Waals surface area contributed by atoms with Gasteiger partial charge in [-0.25, -0.2) is 4.79 Å². The summed E-state index contributed by atoms with van der Waals surface area (Å²) in [5, 5.41) is 12.3. The van der Waals surface area contributed by atoms with Gasteiger partial charge in [0.1, 0.15) is 5.75 Å². The summed E-state index contributed by atoms with van der Waals surface area (Å²) in [6.07, 6.45) is 3.46. The van der Waals surface area contributed by atoms with E-state index in [1.54, 1.807) is 19.5 Å². The molecular formula is C12H12N4O2. The predicted octanol–water partition coefficient (Wildman–Crippen LogP) is 1.64. The van der Waals surface area contributed by atoms with Crippen molar-refractivity contribution in [2.24, 2.45) is 0 Å². The highest BCUT2D eigenvalue weighted by atomic mass is 16.5. The molecule has 3 rings (SSSR count). The van der Waals surface area contributed by atoms with E-state index in [9.17, 15) is 4.79 Å². The van der Waals surface area contributed by atoms with Gasteiger partial charge < -0.3 is 15.4 Å². The number of benzene rings is 1. The first kappa shape index (κ1) is 10.6. The van der Waals surface area contributed by atoms with Crippen LogP contribution in [-0.4, -0.2) is 23.3 Å². The van der Waals surface area contributed by atoms with Crippen molar-refractivity contribution >= 4 is 11.7 Å². The van der Waals surface area contributed by atoms with Crippen molar-refractivity contribution in [1.29, 1.82) is 0 Å². The molecule has 1 aliphatic rings. The topological polar surface area (TPSA) is 79.0 Å². The SMILES string of the molecule is COc1cccc2c1NC(=O)NC2c1cn[nH]c1. The number of amides is 2. The second-order valence-corrected chi connectivity index (χ2v) is 3.99. The largest absolute Gasteiger partial charge is 0.495 e. The molecule has 6 nitrogen and oxygen atoms in total. The molecule has 92 valence electrons. The number of rotatable bonds is 2. The third kappa shape index (κ3) is 1.58. The van der Waals surface area contributed by atoms with Gasteiger partial charge >= 0.3 is 6.03 Å². The van der Waals surface area contributed by atoms with Gasteiger partial charge in [-0.1, -0.05) is 12.1 Å². The minimum absolute atomic E-state index is 0.220. The molecule has 2 amide bonds. The summed E-state index contributed by atoms with van der Waals surface area (Å²) in [5.41, 5.74) is 2.56. The number of ether oxygens (including phenoxy) is 1. The van der Waals surface area contributed by atoms with E-state index in [-0.39, 0.29) is 12.1 Å². The van der Waals surface area contributed by atoms with Crippen molar-refractivity contribution in [2.45, 2.75) is 6.04 Å². The summed E-state index contributed by atoms with van der Waals surface area (Å²) >= 11 is 0.